The maximum atomic E-state index is 5.98. The molecule has 3 rings (SSSR count). The van der Waals surface area contributed by atoms with E-state index in [1.807, 2.05) is 56.6 Å². The molecule has 1 atom stereocenters. The van der Waals surface area contributed by atoms with Crippen LogP contribution in [0.3, 0.4) is 0 Å². The summed E-state index contributed by atoms with van der Waals surface area (Å²) in [5, 5.41) is 6.64. The molecule has 7 heteroatoms. The zero-order valence-electron chi connectivity index (χ0n) is 17.4. The first-order valence-electron chi connectivity index (χ1n) is 9.84. The van der Waals surface area contributed by atoms with Gasteiger partial charge in [-0.15, -0.1) is 0 Å². The van der Waals surface area contributed by atoms with E-state index in [4.69, 9.17) is 14.2 Å². The Morgan fingerprint density at radius 2 is 1.86 bits per heavy atom. The molecule has 0 radical (unpaired) electrons. The first-order valence-corrected chi connectivity index (χ1v) is 9.84. The minimum absolute atomic E-state index is 0.0786. The Morgan fingerprint density at radius 1 is 1.10 bits per heavy atom. The fraction of sp³-hybridized carbons (Fsp3) is 0.409. The van der Waals surface area contributed by atoms with Crippen molar-refractivity contribution in [2.24, 2.45) is 4.99 Å². The van der Waals surface area contributed by atoms with E-state index in [0.717, 1.165) is 29.4 Å². The number of hydrogen-bond donors (Lipinski definition) is 2. The van der Waals surface area contributed by atoms with Crippen molar-refractivity contribution in [1.82, 2.24) is 15.5 Å². The summed E-state index contributed by atoms with van der Waals surface area (Å²) in [6.45, 7) is 3.23. The molecule has 0 amide bonds. The van der Waals surface area contributed by atoms with Crippen LogP contribution in [0.2, 0.25) is 0 Å². The molecular formula is C22H30N4O3. The summed E-state index contributed by atoms with van der Waals surface area (Å²) in [6, 6.07) is 15.8. The molecule has 1 unspecified atom stereocenters. The van der Waals surface area contributed by atoms with Gasteiger partial charge >= 0.3 is 0 Å². The Balaban J connectivity index is 1.48. The van der Waals surface area contributed by atoms with Crippen molar-refractivity contribution >= 4 is 5.96 Å². The van der Waals surface area contributed by atoms with Crippen LogP contribution < -0.4 is 24.8 Å². The van der Waals surface area contributed by atoms with Gasteiger partial charge in [0.25, 0.3) is 0 Å². The molecule has 1 heterocycles. The van der Waals surface area contributed by atoms with Crippen LogP contribution >= 0.6 is 0 Å². The van der Waals surface area contributed by atoms with Gasteiger partial charge in [0.15, 0.2) is 17.5 Å². The topological polar surface area (TPSA) is 67.4 Å². The van der Waals surface area contributed by atoms with Crippen molar-refractivity contribution in [3.63, 3.8) is 0 Å². The van der Waals surface area contributed by atoms with Crippen molar-refractivity contribution in [3.8, 4) is 17.2 Å². The predicted octanol–water partition coefficient (Wildman–Crippen LogP) is 2.13. The van der Waals surface area contributed by atoms with Crippen LogP contribution in [0, 0.1) is 0 Å². The number of aliphatic imine (C=N–C) groups is 1. The first kappa shape index (κ1) is 20.8. The highest BCUT2D eigenvalue weighted by Gasteiger charge is 2.20. The van der Waals surface area contributed by atoms with Gasteiger partial charge < -0.3 is 29.7 Å². The van der Waals surface area contributed by atoms with Gasteiger partial charge in [-0.2, -0.15) is 0 Å². The van der Waals surface area contributed by atoms with E-state index >= 15 is 0 Å². The van der Waals surface area contributed by atoms with E-state index in [0.29, 0.717) is 32.3 Å². The number of guanidine groups is 1. The second-order valence-electron chi connectivity index (χ2n) is 7.06. The van der Waals surface area contributed by atoms with Crippen LogP contribution in [0.1, 0.15) is 5.56 Å². The van der Waals surface area contributed by atoms with Gasteiger partial charge in [-0.05, 0) is 32.3 Å². The Hall–Kier alpha value is -2.93. The molecule has 29 heavy (non-hydrogen) atoms. The lowest BCUT2D eigenvalue weighted by Gasteiger charge is -2.27. The molecule has 0 aromatic heterocycles. The molecule has 1 aliphatic rings. The summed E-state index contributed by atoms with van der Waals surface area (Å²) in [6.07, 6.45) is -0.0786. The van der Waals surface area contributed by atoms with E-state index in [1.165, 1.54) is 0 Å². The molecule has 0 saturated heterocycles. The molecule has 2 N–H and O–H groups in total. The molecular weight excluding hydrogens is 368 g/mol. The van der Waals surface area contributed by atoms with Crippen LogP contribution in [0.15, 0.2) is 53.5 Å². The SMILES string of the molecule is CN=C(NCc1ccccc1OCCN(C)C)NCC1COc2ccccc2O1. The van der Waals surface area contributed by atoms with Gasteiger partial charge in [0.05, 0.1) is 6.54 Å². The zero-order chi connectivity index (χ0) is 20.5. The Morgan fingerprint density at radius 3 is 2.66 bits per heavy atom. The largest absolute Gasteiger partial charge is 0.492 e. The normalized spacial score (nSPS) is 15.9. The lowest BCUT2D eigenvalue weighted by molar-refractivity contribution is 0.0936. The lowest BCUT2D eigenvalue weighted by Crippen LogP contribution is -2.45. The summed E-state index contributed by atoms with van der Waals surface area (Å²) in [5.41, 5.74) is 1.08. The highest BCUT2D eigenvalue weighted by atomic mass is 16.6. The van der Waals surface area contributed by atoms with E-state index in [-0.39, 0.29) is 6.10 Å². The molecule has 0 fully saturated rings. The number of benzene rings is 2. The lowest BCUT2D eigenvalue weighted by atomic mass is 10.2. The van der Waals surface area contributed by atoms with Gasteiger partial charge in [0.2, 0.25) is 0 Å². The Kier molecular flexibility index (Phi) is 7.58. The number of rotatable bonds is 8. The molecule has 1 aliphatic heterocycles. The van der Waals surface area contributed by atoms with Crippen LogP contribution in [-0.2, 0) is 6.54 Å². The summed E-state index contributed by atoms with van der Waals surface area (Å²) in [5.74, 6) is 3.16. The second kappa shape index (κ2) is 10.6. The number of likely N-dealkylation sites (N-methyl/N-ethyl adjacent to an activating group) is 1. The smallest absolute Gasteiger partial charge is 0.191 e. The van der Waals surface area contributed by atoms with Crippen molar-refractivity contribution in [1.29, 1.82) is 0 Å². The van der Waals surface area contributed by atoms with Gasteiger partial charge in [-0.3, -0.25) is 4.99 Å². The zero-order valence-corrected chi connectivity index (χ0v) is 17.4. The number of hydrogen-bond acceptors (Lipinski definition) is 5. The van der Waals surface area contributed by atoms with Crippen LogP contribution in [0.4, 0.5) is 0 Å². The third kappa shape index (κ3) is 6.29. The standard InChI is InChI=1S/C22H30N4O3/c1-23-22(25-15-18-16-28-20-10-6-7-11-21(20)29-18)24-14-17-8-4-5-9-19(17)27-13-12-26(2)3/h4-11,18H,12-16H2,1-3H3,(H2,23,24,25). The Labute approximate surface area is 172 Å². The molecule has 0 aliphatic carbocycles. The molecule has 0 saturated carbocycles. The van der Waals surface area contributed by atoms with Crippen molar-refractivity contribution < 1.29 is 14.2 Å². The van der Waals surface area contributed by atoms with Crippen LogP contribution in [-0.4, -0.2) is 64.4 Å². The fourth-order valence-corrected chi connectivity index (χ4v) is 2.90. The van der Waals surface area contributed by atoms with Crippen molar-refractivity contribution in [3.05, 3.63) is 54.1 Å². The predicted molar refractivity (Wildman–Crippen MR) is 115 cm³/mol. The molecule has 2 aromatic rings. The first-order chi connectivity index (χ1) is 14.2. The van der Waals surface area contributed by atoms with Crippen molar-refractivity contribution in [2.45, 2.75) is 12.6 Å². The monoisotopic (exact) mass is 398 g/mol. The third-order valence-electron chi connectivity index (χ3n) is 4.50. The van der Waals surface area contributed by atoms with Gasteiger partial charge in [0.1, 0.15) is 25.1 Å². The quantitative estimate of drug-likeness (QED) is 0.525. The summed E-state index contributed by atoms with van der Waals surface area (Å²) in [4.78, 5) is 6.40. The molecule has 156 valence electrons. The number of nitrogens with zero attached hydrogens (tertiary/aromatic N) is 2. The maximum absolute atomic E-state index is 5.98. The molecule has 0 spiro atoms. The summed E-state index contributed by atoms with van der Waals surface area (Å²) >= 11 is 0. The molecule has 0 bridgehead atoms. The van der Waals surface area contributed by atoms with E-state index < -0.39 is 0 Å². The third-order valence-corrected chi connectivity index (χ3v) is 4.50. The average Bonchev–Trinajstić information content (AvgIpc) is 2.74. The molecule has 7 nitrogen and oxygen atoms in total. The van der Waals surface area contributed by atoms with Gasteiger partial charge in [-0.25, -0.2) is 0 Å². The van der Waals surface area contributed by atoms with Gasteiger partial charge in [0, 0.05) is 25.7 Å². The van der Waals surface area contributed by atoms with Gasteiger partial charge in [-0.1, -0.05) is 30.3 Å². The van der Waals surface area contributed by atoms with Crippen LogP contribution in [0.5, 0.6) is 17.2 Å². The van der Waals surface area contributed by atoms with Crippen LogP contribution in [0.25, 0.3) is 0 Å². The molecule has 2 aromatic carbocycles. The number of nitrogens with one attached hydrogen (secondary N) is 2. The van der Waals surface area contributed by atoms with E-state index in [2.05, 4.69) is 26.6 Å². The number of ether oxygens (including phenoxy) is 3. The summed E-state index contributed by atoms with van der Waals surface area (Å²) < 4.78 is 17.7. The van der Waals surface area contributed by atoms with E-state index in [1.54, 1.807) is 7.05 Å². The minimum Gasteiger partial charge on any atom is -0.492 e. The second-order valence-corrected chi connectivity index (χ2v) is 7.06. The Bertz CT molecular complexity index is 810. The minimum atomic E-state index is -0.0786. The fourth-order valence-electron chi connectivity index (χ4n) is 2.90. The van der Waals surface area contributed by atoms with E-state index in [9.17, 15) is 0 Å². The maximum Gasteiger partial charge on any atom is 0.191 e. The number of fused-ring (bicyclic) bond motifs is 1. The summed E-state index contributed by atoms with van der Waals surface area (Å²) in [7, 11) is 5.82. The average molecular weight is 399 g/mol. The highest BCUT2D eigenvalue weighted by Crippen LogP contribution is 2.30. The number of para-hydroxylation sites is 3. The highest BCUT2D eigenvalue weighted by molar-refractivity contribution is 5.79. The van der Waals surface area contributed by atoms with Crippen molar-refractivity contribution in [2.75, 3.05) is 47.4 Å².